The number of fused-ring (bicyclic) bond motifs is 1. The lowest BCUT2D eigenvalue weighted by molar-refractivity contribution is 0.141. The highest BCUT2D eigenvalue weighted by Crippen LogP contribution is 2.39. The van der Waals surface area contributed by atoms with Crippen LogP contribution in [0.4, 0.5) is 0 Å². The molecule has 0 spiro atoms. The van der Waals surface area contributed by atoms with Gasteiger partial charge in [-0.05, 0) is 37.0 Å². The van der Waals surface area contributed by atoms with Gasteiger partial charge in [0.05, 0.1) is 17.6 Å². The number of nitrogens with zero attached hydrogens (tertiary/aromatic N) is 1. The maximum atomic E-state index is 5.02. The Balaban J connectivity index is 1.90. The second kappa shape index (κ2) is 3.88. The zero-order valence-corrected chi connectivity index (χ0v) is 9.07. The second-order valence-electron chi connectivity index (χ2n) is 4.37. The lowest BCUT2D eigenvalue weighted by Crippen LogP contribution is -2.03. The number of hydrogen-bond acceptors (Lipinski definition) is 3. The van der Waals surface area contributed by atoms with Gasteiger partial charge < -0.3 is 9.82 Å². The average Bonchev–Trinajstić information content (AvgIpc) is 3.06. The number of aromatic nitrogens is 2. The lowest BCUT2D eigenvalue weighted by atomic mass is 10.1. The largest absolute Gasteiger partial charge is 0.342 e. The summed E-state index contributed by atoms with van der Waals surface area (Å²) in [6.45, 7) is 0.551. The molecule has 0 saturated heterocycles. The Labute approximate surface area is 93.8 Å². The number of nitrogens with one attached hydrogen (secondary N) is 1. The molecule has 4 nitrogen and oxygen atoms in total. The third kappa shape index (κ3) is 1.81. The van der Waals surface area contributed by atoms with Gasteiger partial charge in [-0.3, -0.25) is 0 Å². The van der Waals surface area contributed by atoms with Gasteiger partial charge in [0.1, 0.15) is 5.82 Å². The summed E-state index contributed by atoms with van der Waals surface area (Å²) in [5.74, 6) is 6.83. The molecule has 0 unspecified atom stereocenters. The van der Waals surface area contributed by atoms with E-state index in [2.05, 4.69) is 33.0 Å². The second-order valence-corrected chi connectivity index (χ2v) is 4.37. The number of imidazole rings is 1. The van der Waals surface area contributed by atoms with Crippen molar-refractivity contribution < 1.29 is 4.84 Å². The summed E-state index contributed by atoms with van der Waals surface area (Å²) in [7, 11) is 0. The van der Waals surface area contributed by atoms with Crippen molar-refractivity contribution in [1.29, 1.82) is 0 Å². The third-order valence-corrected chi connectivity index (χ3v) is 3.04. The number of H-pyrrole nitrogens is 1. The SMILES string of the molecule is NOCCc1ccc2nc(C3CC3)[nH]c2c1. The van der Waals surface area contributed by atoms with Crippen molar-refractivity contribution in [3.8, 4) is 0 Å². The van der Waals surface area contributed by atoms with E-state index in [1.54, 1.807) is 0 Å². The highest BCUT2D eigenvalue weighted by atomic mass is 16.6. The van der Waals surface area contributed by atoms with E-state index in [-0.39, 0.29) is 0 Å². The first-order chi connectivity index (χ1) is 7.86. The summed E-state index contributed by atoms with van der Waals surface area (Å²) < 4.78 is 0. The number of nitrogens with two attached hydrogens (primary N) is 1. The molecule has 0 aliphatic heterocycles. The molecule has 0 bridgehead atoms. The lowest BCUT2D eigenvalue weighted by Gasteiger charge is -1.98. The monoisotopic (exact) mass is 217 g/mol. The van der Waals surface area contributed by atoms with Crippen LogP contribution in [0, 0.1) is 0 Å². The quantitative estimate of drug-likeness (QED) is 0.768. The van der Waals surface area contributed by atoms with E-state index in [0.717, 1.165) is 23.3 Å². The first kappa shape index (κ1) is 9.81. The fourth-order valence-corrected chi connectivity index (χ4v) is 1.96. The third-order valence-electron chi connectivity index (χ3n) is 3.04. The minimum atomic E-state index is 0.551. The molecule has 84 valence electrons. The predicted octanol–water partition coefficient (Wildman–Crippen LogP) is 1.87. The van der Waals surface area contributed by atoms with Crippen molar-refractivity contribution in [2.24, 2.45) is 5.90 Å². The molecule has 1 aliphatic rings. The molecule has 0 atom stereocenters. The van der Waals surface area contributed by atoms with E-state index >= 15 is 0 Å². The fraction of sp³-hybridized carbons (Fsp3) is 0.417. The van der Waals surface area contributed by atoms with Gasteiger partial charge in [0.25, 0.3) is 0 Å². The summed E-state index contributed by atoms with van der Waals surface area (Å²) in [4.78, 5) is 12.6. The van der Waals surface area contributed by atoms with Crippen LogP contribution in [-0.2, 0) is 11.3 Å². The van der Waals surface area contributed by atoms with Crippen LogP contribution in [0.15, 0.2) is 18.2 Å². The molecule has 1 aromatic heterocycles. The summed E-state index contributed by atoms with van der Waals surface area (Å²) in [5, 5.41) is 0. The zero-order chi connectivity index (χ0) is 11.0. The van der Waals surface area contributed by atoms with Crippen LogP contribution >= 0.6 is 0 Å². The van der Waals surface area contributed by atoms with E-state index in [1.165, 1.54) is 18.4 Å². The molecule has 2 aromatic rings. The molecule has 3 N–H and O–H groups in total. The molecule has 16 heavy (non-hydrogen) atoms. The van der Waals surface area contributed by atoms with Crippen LogP contribution in [0.3, 0.4) is 0 Å². The van der Waals surface area contributed by atoms with Gasteiger partial charge in [0.15, 0.2) is 0 Å². The van der Waals surface area contributed by atoms with Crippen molar-refractivity contribution in [3.63, 3.8) is 0 Å². The Morgan fingerprint density at radius 1 is 1.44 bits per heavy atom. The van der Waals surface area contributed by atoms with Crippen molar-refractivity contribution in [3.05, 3.63) is 29.6 Å². The molecule has 1 saturated carbocycles. The van der Waals surface area contributed by atoms with Gasteiger partial charge in [0.2, 0.25) is 0 Å². The van der Waals surface area contributed by atoms with Gasteiger partial charge in [-0.2, -0.15) is 0 Å². The molecule has 0 amide bonds. The normalized spacial score (nSPS) is 15.8. The summed E-state index contributed by atoms with van der Waals surface area (Å²) >= 11 is 0. The molecule has 3 rings (SSSR count). The highest BCUT2D eigenvalue weighted by molar-refractivity contribution is 5.76. The Kier molecular flexibility index (Phi) is 2.38. The van der Waals surface area contributed by atoms with Crippen LogP contribution in [0.2, 0.25) is 0 Å². The average molecular weight is 217 g/mol. The number of benzene rings is 1. The summed E-state index contributed by atoms with van der Waals surface area (Å²) in [5.41, 5.74) is 3.40. The standard InChI is InChI=1S/C12H15N3O/c13-16-6-5-8-1-4-10-11(7-8)15-12(14-10)9-2-3-9/h1,4,7,9H,2-3,5-6,13H2,(H,14,15). The Hall–Kier alpha value is -1.39. The maximum Gasteiger partial charge on any atom is 0.110 e. The maximum absolute atomic E-state index is 5.02. The molecule has 4 heteroatoms. The van der Waals surface area contributed by atoms with Crippen molar-refractivity contribution in [2.75, 3.05) is 6.61 Å². The smallest absolute Gasteiger partial charge is 0.110 e. The first-order valence-electron chi connectivity index (χ1n) is 5.67. The predicted molar refractivity (Wildman–Crippen MR) is 61.9 cm³/mol. The Morgan fingerprint density at radius 2 is 2.31 bits per heavy atom. The molecular formula is C12H15N3O. The first-order valence-corrected chi connectivity index (χ1v) is 5.67. The van der Waals surface area contributed by atoms with Crippen LogP contribution in [-0.4, -0.2) is 16.6 Å². The van der Waals surface area contributed by atoms with Crippen LogP contribution in [0.1, 0.15) is 30.1 Å². The van der Waals surface area contributed by atoms with Gasteiger partial charge in [-0.25, -0.2) is 10.9 Å². The topological polar surface area (TPSA) is 63.9 Å². The molecule has 1 heterocycles. The number of hydrogen-bond donors (Lipinski definition) is 2. The van der Waals surface area contributed by atoms with E-state index in [1.807, 2.05) is 0 Å². The molecule has 1 aromatic carbocycles. The van der Waals surface area contributed by atoms with Crippen molar-refractivity contribution in [1.82, 2.24) is 9.97 Å². The summed E-state index contributed by atoms with van der Waals surface area (Å²) in [6.07, 6.45) is 3.38. The highest BCUT2D eigenvalue weighted by Gasteiger charge is 2.26. The minimum Gasteiger partial charge on any atom is -0.342 e. The molecule has 0 radical (unpaired) electrons. The van der Waals surface area contributed by atoms with Crippen LogP contribution < -0.4 is 5.90 Å². The van der Waals surface area contributed by atoms with E-state index in [0.29, 0.717) is 12.5 Å². The molecule has 1 fully saturated rings. The van der Waals surface area contributed by atoms with E-state index in [9.17, 15) is 0 Å². The van der Waals surface area contributed by atoms with Gasteiger partial charge in [-0.1, -0.05) is 6.07 Å². The zero-order valence-electron chi connectivity index (χ0n) is 9.07. The van der Waals surface area contributed by atoms with Crippen molar-refractivity contribution in [2.45, 2.75) is 25.2 Å². The minimum absolute atomic E-state index is 0.551. The van der Waals surface area contributed by atoms with Crippen LogP contribution in [0.25, 0.3) is 11.0 Å². The number of rotatable bonds is 4. The van der Waals surface area contributed by atoms with E-state index in [4.69, 9.17) is 5.90 Å². The Bertz CT molecular complexity index is 502. The fourth-order valence-electron chi connectivity index (χ4n) is 1.96. The number of aromatic amines is 1. The van der Waals surface area contributed by atoms with Crippen molar-refractivity contribution >= 4 is 11.0 Å². The van der Waals surface area contributed by atoms with E-state index < -0.39 is 0 Å². The molecule has 1 aliphatic carbocycles. The van der Waals surface area contributed by atoms with Gasteiger partial charge in [-0.15, -0.1) is 0 Å². The molecular weight excluding hydrogens is 202 g/mol. The summed E-state index contributed by atoms with van der Waals surface area (Å²) in [6, 6.07) is 6.27. The van der Waals surface area contributed by atoms with Crippen LogP contribution in [0.5, 0.6) is 0 Å². The van der Waals surface area contributed by atoms with Gasteiger partial charge >= 0.3 is 0 Å². The van der Waals surface area contributed by atoms with Gasteiger partial charge in [0, 0.05) is 5.92 Å². The Morgan fingerprint density at radius 3 is 3.06 bits per heavy atom.